The second-order valence-electron chi connectivity index (χ2n) is 5.91. The van der Waals surface area contributed by atoms with Crippen molar-refractivity contribution in [2.75, 3.05) is 16.8 Å². The van der Waals surface area contributed by atoms with Gasteiger partial charge in [-0.15, -0.1) is 0 Å². The van der Waals surface area contributed by atoms with Gasteiger partial charge < -0.3 is 9.15 Å². The van der Waals surface area contributed by atoms with Gasteiger partial charge in [0.25, 0.3) is 0 Å². The van der Waals surface area contributed by atoms with Crippen LogP contribution in [0.3, 0.4) is 0 Å². The molecule has 8 nitrogen and oxygen atoms in total. The van der Waals surface area contributed by atoms with Crippen LogP contribution in [0.4, 0.5) is 21.0 Å². The monoisotopic (exact) mass is 365 g/mol. The van der Waals surface area contributed by atoms with Crippen molar-refractivity contribution in [3.63, 3.8) is 0 Å². The van der Waals surface area contributed by atoms with Gasteiger partial charge >= 0.3 is 12.1 Å². The average molecular weight is 365 g/mol. The highest BCUT2D eigenvalue weighted by Gasteiger charge is 2.26. The van der Waals surface area contributed by atoms with Gasteiger partial charge in [-0.05, 0) is 30.3 Å². The Labute approximate surface area is 153 Å². The maximum absolute atomic E-state index is 12.1. The quantitative estimate of drug-likeness (QED) is 0.740. The molecule has 0 saturated carbocycles. The number of nitrogens with one attached hydrogen (secondary N) is 2. The van der Waals surface area contributed by atoms with Gasteiger partial charge in [0.1, 0.15) is 17.6 Å². The van der Waals surface area contributed by atoms with E-state index in [1.807, 2.05) is 6.07 Å². The number of imide groups is 1. The lowest BCUT2D eigenvalue weighted by Gasteiger charge is -2.25. The first-order valence-electron chi connectivity index (χ1n) is 8.26. The minimum absolute atomic E-state index is 0.208. The molecule has 0 atom stereocenters. The molecule has 0 aliphatic carbocycles. The van der Waals surface area contributed by atoms with Gasteiger partial charge in [-0.3, -0.25) is 20.3 Å². The van der Waals surface area contributed by atoms with Crippen LogP contribution in [0.1, 0.15) is 6.42 Å². The SMILES string of the molecule is O=C1CCN(c2coc3ccc(NC(=O)Oc4ccccc4)cc23)C(=O)N1. The first kappa shape index (κ1) is 16.6. The van der Waals surface area contributed by atoms with E-state index in [1.54, 1.807) is 42.5 Å². The van der Waals surface area contributed by atoms with E-state index in [2.05, 4.69) is 10.6 Å². The van der Waals surface area contributed by atoms with Crippen LogP contribution in [0.25, 0.3) is 11.0 Å². The average Bonchev–Trinajstić information content (AvgIpc) is 3.05. The number of amides is 4. The standard InChI is InChI=1S/C19H15N3O5/c23-17-8-9-22(18(24)21-17)15-11-26-16-7-6-12(10-14(15)16)20-19(25)27-13-4-2-1-3-5-13/h1-7,10-11H,8-9H2,(H,20,25)(H,21,23,24). The van der Waals surface area contributed by atoms with Crippen molar-refractivity contribution in [3.8, 4) is 5.75 Å². The van der Waals surface area contributed by atoms with Gasteiger partial charge in [0.15, 0.2) is 0 Å². The van der Waals surface area contributed by atoms with Crippen LogP contribution in [0.5, 0.6) is 5.75 Å². The molecule has 27 heavy (non-hydrogen) atoms. The summed E-state index contributed by atoms with van der Waals surface area (Å²) in [5.74, 6) is 0.116. The number of hydrogen-bond acceptors (Lipinski definition) is 5. The van der Waals surface area contributed by atoms with Crippen molar-refractivity contribution in [2.45, 2.75) is 6.42 Å². The Hall–Kier alpha value is -3.81. The predicted octanol–water partition coefficient (Wildman–Crippen LogP) is 3.49. The number of para-hydroxylation sites is 1. The summed E-state index contributed by atoms with van der Waals surface area (Å²) in [6.07, 6.45) is 1.03. The van der Waals surface area contributed by atoms with Crippen LogP contribution >= 0.6 is 0 Å². The Kier molecular flexibility index (Phi) is 4.21. The van der Waals surface area contributed by atoms with Gasteiger partial charge in [0.2, 0.25) is 5.91 Å². The van der Waals surface area contributed by atoms with E-state index >= 15 is 0 Å². The van der Waals surface area contributed by atoms with E-state index in [4.69, 9.17) is 9.15 Å². The highest BCUT2D eigenvalue weighted by Crippen LogP contribution is 2.32. The molecule has 8 heteroatoms. The van der Waals surface area contributed by atoms with E-state index in [9.17, 15) is 14.4 Å². The van der Waals surface area contributed by atoms with Crippen molar-refractivity contribution in [1.82, 2.24) is 5.32 Å². The van der Waals surface area contributed by atoms with E-state index in [-0.39, 0.29) is 18.9 Å². The molecule has 0 spiro atoms. The molecular formula is C19H15N3O5. The molecule has 2 N–H and O–H groups in total. The molecule has 2 aromatic carbocycles. The van der Waals surface area contributed by atoms with Crippen molar-refractivity contribution in [1.29, 1.82) is 0 Å². The Balaban J connectivity index is 1.56. The zero-order chi connectivity index (χ0) is 18.8. The second-order valence-corrected chi connectivity index (χ2v) is 5.91. The van der Waals surface area contributed by atoms with Crippen LogP contribution in [-0.4, -0.2) is 24.6 Å². The first-order valence-corrected chi connectivity index (χ1v) is 8.26. The summed E-state index contributed by atoms with van der Waals surface area (Å²) in [6.45, 7) is 0.257. The van der Waals surface area contributed by atoms with E-state index < -0.39 is 12.1 Å². The summed E-state index contributed by atoms with van der Waals surface area (Å²) in [5, 5.41) is 5.55. The van der Waals surface area contributed by atoms with Crippen LogP contribution in [0, 0.1) is 0 Å². The number of benzene rings is 2. The van der Waals surface area contributed by atoms with E-state index in [1.165, 1.54) is 11.2 Å². The number of furan rings is 1. The fourth-order valence-corrected chi connectivity index (χ4v) is 2.84. The highest BCUT2D eigenvalue weighted by atomic mass is 16.6. The number of hydrogen-bond donors (Lipinski definition) is 2. The summed E-state index contributed by atoms with van der Waals surface area (Å²) in [6, 6.07) is 13.2. The predicted molar refractivity (Wildman–Crippen MR) is 97.8 cm³/mol. The lowest BCUT2D eigenvalue weighted by atomic mass is 10.2. The summed E-state index contributed by atoms with van der Waals surface area (Å²) in [4.78, 5) is 36.9. The minimum Gasteiger partial charge on any atom is -0.462 e. The molecule has 0 radical (unpaired) electrons. The third-order valence-corrected chi connectivity index (χ3v) is 4.10. The third-order valence-electron chi connectivity index (χ3n) is 4.10. The first-order chi connectivity index (χ1) is 13.1. The summed E-state index contributed by atoms with van der Waals surface area (Å²) in [7, 11) is 0. The zero-order valence-corrected chi connectivity index (χ0v) is 14.1. The number of urea groups is 1. The molecule has 136 valence electrons. The van der Waals surface area contributed by atoms with E-state index in [0.717, 1.165) is 0 Å². The van der Waals surface area contributed by atoms with Crippen molar-refractivity contribution in [3.05, 3.63) is 54.8 Å². The zero-order valence-electron chi connectivity index (χ0n) is 14.1. The van der Waals surface area contributed by atoms with Gasteiger partial charge in [0, 0.05) is 24.0 Å². The Morgan fingerprint density at radius 3 is 2.74 bits per heavy atom. The fourth-order valence-electron chi connectivity index (χ4n) is 2.84. The number of carbonyl (C=O) groups excluding carboxylic acids is 3. The Morgan fingerprint density at radius 1 is 1.15 bits per heavy atom. The normalized spacial score (nSPS) is 14.1. The summed E-state index contributed by atoms with van der Waals surface area (Å²) < 4.78 is 10.7. The number of nitrogens with zero attached hydrogens (tertiary/aromatic N) is 1. The molecule has 0 unspecified atom stereocenters. The topological polar surface area (TPSA) is 101 Å². The van der Waals surface area contributed by atoms with Crippen LogP contribution < -0.4 is 20.3 Å². The Bertz CT molecular complexity index is 1030. The molecule has 2 heterocycles. The van der Waals surface area contributed by atoms with Crippen molar-refractivity contribution in [2.24, 2.45) is 0 Å². The molecule has 1 aliphatic rings. The molecule has 3 aromatic rings. The highest BCUT2D eigenvalue weighted by molar-refractivity contribution is 6.10. The third kappa shape index (κ3) is 3.45. The van der Waals surface area contributed by atoms with Crippen LogP contribution in [0.15, 0.2) is 59.2 Å². The molecule has 4 amide bonds. The number of anilines is 2. The smallest absolute Gasteiger partial charge is 0.417 e. The molecule has 1 aliphatic heterocycles. The number of rotatable bonds is 3. The molecule has 0 bridgehead atoms. The summed E-state index contributed by atoms with van der Waals surface area (Å²) >= 11 is 0. The summed E-state index contributed by atoms with van der Waals surface area (Å²) in [5.41, 5.74) is 1.56. The van der Waals surface area contributed by atoms with Gasteiger partial charge in [-0.2, -0.15) is 0 Å². The lowest BCUT2D eigenvalue weighted by molar-refractivity contribution is -0.120. The number of carbonyl (C=O) groups is 3. The lowest BCUT2D eigenvalue weighted by Crippen LogP contribution is -2.49. The van der Waals surface area contributed by atoms with Crippen molar-refractivity contribution < 1.29 is 23.5 Å². The van der Waals surface area contributed by atoms with Gasteiger partial charge in [-0.1, -0.05) is 18.2 Å². The maximum Gasteiger partial charge on any atom is 0.417 e. The van der Waals surface area contributed by atoms with Gasteiger partial charge in [0.05, 0.1) is 5.69 Å². The van der Waals surface area contributed by atoms with Crippen molar-refractivity contribution >= 4 is 40.4 Å². The second kappa shape index (κ2) is 6.83. The van der Waals surface area contributed by atoms with E-state index in [0.29, 0.717) is 28.1 Å². The number of fused-ring (bicyclic) bond motifs is 1. The maximum atomic E-state index is 12.1. The van der Waals surface area contributed by atoms with Crippen LogP contribution in [-0.2, 0) is 4.79 Å². The fraction of sp³-hybridized carbons (Fsp3) is 0.105. The molecular weight excluding hydrogens is 350 g/mol. The van der Waals surface area contributed by atoms with Crippen LogP contribution in [0.2, 0.25) is 0 Å². The van der Waals surface area contributed by atoms with Gasteiger partial charge in [-0.25, -0.2) is 9.59 Å². The number of ether oxygens (including phenoxy) is 1. The Morgan fingerprint density at radius 2 is 1.96 bits per heavy atom. The molecule has 1 fully saturated rings. The molecule has 4 rings (SSSR count). The minimum atomic E-state index is -0.632. The molecule has 1 saturated heterocycles. The molecule has 1 aromatic heterocycles. The largest absolute Gasteiger partial charge is 0.462 e.